The van der Waals surface area contributed by atoms with Gasteiger partial charge in [0.2, 0.25) is 17.7 Å². The lowest BCUT2D eigenvalue weighted by Crippen LogP contribution is -2.57. The number of nitrogens with one attached hydrogen (secondary N) is 4. The van der Waals surface area contributed by atoms with E-state index in [9.17, 15) is 24.0 Å². The minimum atomic E-state index is -1.69. The molecule has 4 atom stereocenters. The molecule has 0 fully saturated rings. The number of carboxylic acid groups (broad SMARTS) is 2. The molecular formula is C19H30N6O7. The van der Waals surface area contributed by atoms with E-state index in [1.54, 1.807) is 0 Å². The molecule has 1 aromatic rings. The number of imidazole rings is 1. The topological polar surface area (TPSA) is 217 Å². The van der Waals surface area contributed by atoms with Crippen LogP contribution >= 0.6 is 0 Å². The smallest absolute Gasteiger partial charge is 0.326 e. The largest absolute Gasteiger partial charge is 0.481 e. The number of carboxylic acids is 2. The summed E-state index contributed by atoms with van der Waals surface area (Å²) in [6, 6.07) is -4.79. The number of H-pyrrole nitrogens is 1. The van der Waals surface area contributed by atoms with Gasteiger partial charge in [0.1, 0.15) is 18.1 Å². The second kappa shape index (κ2) is 12.4. The summed E-state index contributed by atoms with van der Waals surface area (Å²) in [6.07, 6.45) is 2.27. The lowest BCUT2D eigenvalue weighted by atomic mass is 10.0. The second-order valence-corrected chi connectivity index (χ2v) is 7.81. The number of nitrogens with zero attached hydrogens (tertiary/aromatic N) is 1. The van der Waals surface area contributed by atoms with Crippen molar-refractivity contribution >= 4 is 29.7 Å². The molecule has 0 radical (unpaired) electrons. The van der Waals surface area contributed by atoms with E-state index in [0.29, 0.717) is 12.1 Å². The molecule has 13 nitrogen and oxygen atoms in total. The summed E-state index contributed by atoms with van der Waals surface area (Å²) in [6.45, 7) is 5.21. The molecule has 178 valence electrons. The van der Waals surface area contributed by atoms with Gasteiger partial charge in [-0.25, -0.2) is 9.78 Å². The lowest BCUT2D eigenvalue weighted by molar-refractivity contribution is -0.147. The van der Waals surface area contributed by atoms with Gasteiger partial charge in [0.15, 0.2) is 0 Å². The quantitative estimate of drug-likeness (QED) is 0.181. The molecule has 3 amide bonds. The van der Waals surface area contributed by atoms with Gasteiger partial charge in [-0.2, -0.15) is 0 Å². The summed E-state index contributed by atoms with van der Waals surface area (Å²) in [4.78, 5) is 66.1. The predicted molar refractivity (Wildman–Crippen MR) is 111 cm³/mol. The van der Waals surface area contributed by atoms with Crippen LogP contribution in [0.1, 0.15) is 39.3 Å². The van der Waals surface area contributed by atoms with Crippen LogP contribution in [0.5, 0.6) is 0 Å². The zero-order chi connectivity index (χ0) is 24.4. The van der Waals surface area contributed by atoms with E-state index in [0.717, 1.165) is 0 Å². The third kappa shape index (κ3) is 9.12. The van der Waals surface area contributed by atoms with E-state index in [-0.39, 0.29) is 12.3 Å². The molecule has 32 heavy (non-hydrogen) atoms. The number of hydrogen-bond donors (Lipinski definition) is 7. The fourth-order valence-corrected chi connectivity index (χ4v) is 2.77. The van der Waals surface area contributed by atoms with Gasteiger partial charge in [-0.3, -0.25) is 19.2 Å². The molecule has 13 heteroatoms. The van der Waals surface area contributed by atoms with E-state index in [4.69, 9.17) is 15.9 Å². The van der Waals surface area contributed by atoms with Gasteiger partial charge in [0.05, 0.1) is 18.8 Å². The number of hydrogen-bond acceptors (Lipinski definition) is 7. The van der Waals surface area contributed by atoms with Gasteiger partial charge in [-0.05, 0) is 19.3 Å². The predicted octanol–water partition coefficient (Wildman–Crippen LogP) is -1.64. The van der Waals surface area contributed by atoms with Crippen molar-refractivity contribution in [1.82, 2.24) is 25.9 Å². The maximum atomic E-state index is 12.7. The Morgan fingerprint density at radius 2 is 1.62 bits per heavy atom. The summed E-state index contributed by atoms with van der Waals surface area (Å²) in [5, 5.41) is 25.0. The summed E-state index contributed by atoms with van der Waals surface area (Å²) >= 11 is 0. The van der Waals surface area contributed by atoms with E-state index in [1.807, 2.05) is 13.8 Å². The van der Waals surface area contributed by atoms with Crippen LogP contribution in [-0.4, -0.2) is 74.0 Å². The van der Waals surface area contributed by atoms with E-state index in [2.05, 4.69) is 25.9 Å². The standard InChI is InChI=1S/C19H30N6O7/c1-9(2)4-12(20)17(29)23-10(3)16(28)24-13(5-11-7-21-8-22-11)18(30)25-14(19(31)32)6-15(26)27/h7-10,12-14H,4-6,20H2,1-3H3,(H,21,22)(H,23,29)(H,24,28)(H,25,30)(H,26,27)(H,31,32). The molecule has 0 bridgehead atoms. The van der Waals surface area contributed by atoms with E-state index < -0.39 is 60.2 Å². The Labute approximate surface area is 184 Å². The first-order valence-corrected chi connectivity index (χ1v) is 9.99. The number of aromatic amines is 1. The van der Waals surface area contributed by atoms with Crippen LogP contribution in [0.2, 0.25) is 0 Å². The number of carbonyl (C=O) groups excluding carboxylic acids is 3. The highest BCUT2D eigenvalue weighted by atomic mass is 16.4. The summed E-state index contributed by atoms with van der Waals surface area (Å²) in [5.74, 6) is -4.91. The maximum Gasteiger partial charge on any atom is 0.326 e. The Hall–Kier alpha value is -3.48. The van der Waals surface area contributed by atoms with Crippen LogP contribution in [0, 0.1) is 5.92 Å². The average Bonchev–Trinajstić information content (AvgIpc) is 3.18. The van der Waals surface area contributed by atoms with Crippen molar-refractivity contribution < 1.29 is 34.2 Å². The molecule has 1 aromatic heterocycles. The Balaban J connectivity index is 2.88. The molecular weight excluding hydrogens is 424 g/mol. The minimum absolute atomic E-state index is 0.0789. The van der Waals surface area contributed by atoms with Crippen molar-refractivity contribution in [3.8, 4) is 0 Å². The average molecular weight is 454 g/mol. The first-order chi connectivity index (χ1) is 14.9. The van der Waals surface area contributed by atoms with Crippen LogP contribution < -0.4 is 21.7 Å². The minimum Gasteiger partial charge on any atom is -0.481 e. The van der Waals surface area contributed by atoms with Crippen LogP contribution in [0.15, 0.2) is 12.5 Å². The molecule has 0 saturated carbocycles. The first-order valence-electron chi connectivity index (χ1n) is 9.99. The Bertz CT molecular complexity index is 811. The van der Waals surface area contributed by atoms with Crippen LogP contribution in [0.25, 0.3) is 0 Å². The Morgan fingerprint density at radius 3 is 2.12 bits per heavy atom. The highest BCUT2D eigenvalue weighted by molar-refractivity contribution is 5.94. The van der Waals surface area contributed by atoms with Gasteiger partial charge < -0.3 is 36.9 Å². The molecule has 1 heterocycles. The van der Waals surface area contributed by atoms with Crippen molar-refractivity contribution in [3.05, 3.63) is 18.2 Å². The Kier molecular flexibility index (Phi) is 10.3. The van der Waals surface area contributed by atoms with Crippen LogP contribution in [-0.2, 0) is 30.4 Å². The highest BCUT2D eigenvalue weighted by Gasteiger charge is 2.30. The fraction of sp³-hybridized carbons (Fsp3) is 0.579. The number of rotatable bonds is 13. The van der Waals surface area contributed by atoms with Crippen LogP contribution in [0.3, 0.4) is 0 Å². The van der Waals surface area contributed by atoms with Gasteiger partial charge >= 0.3 is 11.9 Å². The molecule has 0 aliphatic carbocycles. The van der Waals surface area contributed by atoms with Crippen molar-refractivity contribution in [2.24, 2.45) is 11.7 Å². The zero-order valence-corrected chi connectivity index (χ0v) is 18.1. The molecule has 8 N–H and O–H groups in total. The van der Waals surface area contributed by atoms with Gasteiger partial charge in [0, 0.05) is 18.3 Å². The van der Waals surface area contributed by atoms with Crippen molar-refractivity contribution in [2.75, 3.05) is 0 Å². The monoisotopic (exact) mass is 454 g/mol. The van der Waals surface area contributed by atoms with Crippen molar-refractivity contribution in [3.63, 3.8) is 0 Å². The number of amides is 3. The highest BCUT2D eigenvalue weighted by Crippen LogP contribution is 2.04. The summed E-state index contributed by atoms with van der Waals surface area (Å²) in [7, 11) is 0. The SMILES string of the molecule is CC(C)CC(N)C(=O)NC(C)C(=O)NC(Cc1cnc[nH]1)C(=O)NC(CC(=O)O)C(=O)O. The number of aromatic nitrogens is 2. The fourth-order valence-electron chi connectivity index (χ4n) is 2.77. The summed E-state index contributed by atoms with van der Waals surface area (Å²) < 4.78 is 0. The number of aliphatic carboxylic acids is 2. The van der Waals surface area contributed by atoms with Crippen molar-refractivity contribution in [2.45, 2.75) is 64.2 Å². The third-order valence-electron chi connectivity index (χ3n) is 4.42. The van der Waals surface area contributed by atoms with Crippen LogP contribution in [0.4, 0.5) is 0 Å². The van der Waals surface area contributed by atoms with E-state index in [1.165, 1.54) is 19.4 Å². The molecule has 4 unspecified atom stereocenters. The molecule has 0 spiro atoms. The molecule has 0 aromatic carbocycles. The molecule has 0 aliphatic heterocycles. The second-order valence-electron chi connectivity index (χ2n) is 7.81. The molecule has 0 aliphatic rings. The zero-order valence-electron chi connectivity index (χ0n) is 18.1. The number of nitrogens with two attached hydrogens (primary N) is 1. The molecule has 1 rings (SSSR count). The molecule has 0 saturated heterocycles. The Morgan fingerprint density at radius 1 is 1.00 bits per heavy atom. The lowest BCUT2D eigenvalue weighted by Gasteiger charge is -2.23. The normalized spacial score (nSPS) is 14.7. The summed E-state index contributed by atoms with van der Waals surface area (Å²) in [5.41, 5.74) is 6.27. The van der Waals surface area contributed by atoms with Gasteiger partial charge in [-0.15, -0.1) is 0 Å². The number of carbonyl (C=O) groups is 5. The van der Waals surface area contributed by atoms with Gasteiger partial charge in [0.25, 0.3) is 0 Å². The van der Waals surface area contributed by atoms with E-state index >= 15 is 0 Å². The van der Waals surface area contributed by atoms with Gasteiger partial charge in [-0.1, -0.05) is 13.8 Å². The third-order valence-corrected chi connectivity index (χ3v) is 4.42. The maximum absolute atomic E-state index is 12.7. The van der Waals surface area contributed by atoms with Crippen molar-refractivity contribution in [1.29, 1.82) is 0 Å². The first kappa shape index (κ1) is 26.6.